The molecule has 5 rings (SSSR count). The fourth-order valence-corrected chi connectivity index (χ4v) is 6.56. The number of nitrogens with zero attached hydrogens (tertiary/aromatic N) is 1. The highest BCUT2D eigenvalue weighted by molar-refractivity contribution is 9.10. The molecule has 0 radical (unpaired) electrons. The van der Waals surface area contributed by atoms with Crippen molar-refractivity contribution in [3.05, 3.63) is 85.9 Å². The maximum Gasteiger partial charge on any atom is 0.162 e. The summed E-state index contributed by atoms with van der Waals surface area (Å²) in [5.41, 5.74) is 7.09. The predicted octanol–water partition coefficient (Wildman–Crippen LogP) is 8.10. The van der Waals surface area contributed by atoms with Gasteiger partial charge in [-0.3, -0.25) is 9.59 Å². The summed E-state index contributed by atoms with van der Waals surface area (Å²) in [6, 6.07) is 11.3. The molecule has 0 N–H and O–H groups in total. The molecule has 2 aliphatic carbocycles. The Morgan fingerprint density at radius 2 is 1.36 bits per heavy atom. The SMILES string of the molecule is Cc1ccc(N2C3=C(C(=O)CC(C)(C)C3)C(c3ccc(F)c(Br)c3)C3=C2CC(C)(C)CC3=O)cc1C. The molecule has 0 saturated heterocycles. The molecule has 0 aromatic heterocycles. The number of aryl methyl sites for hydroxylation is 2. The molecule has 5 heteroatoms. The molecule has 0 amide bonds. The Balaban J connectivity index is 1.85. The number of halogens is 2. The van der Waals surface area contributed by atoms with Crippen LogP contribution >= 0.6 is 15.9 Å². The van der Waals surface area contributed by atoms with Gasteiger partial charge in [0.25, 0.3) is 0 Å². The minimum Gasteiger partial charge on any atom is -0.317 e. The van der Waals surface area contributed by atoms with Crippen molar-refractivity contribution >= 4 is 33.2 Å². The number of Topliss-reactive ketones (excluding diaryl/α,β-unsaturated/α-hetero) is 2. The third kappa shape index (κ3) is 4.19. The lowest BCUT2D eigenvalue weighted by Gasteiger charge is -2.49. The fourth-order valence-electron chi connectivity index (χ4n) is 6.17. The van der Waals surface area contributed by atoms with Gasteiger partial charge in [0.2, 0.25) is 0 Å². The second-order valence-electron chi connectivity index (χ2n) is 12.3. The van der Waals surface area contributed by atoms with Gasteiger partial charge in [0.15, 0.2) is 11.6 Å². The maximum atomic E-state index is 14.2. The van der Waals surface area contributed by atoms with E-state index in [1.54, 1.807) is 12.1 Å². The van der Waals surface area contributed by atoms with E-state index in [0.717, 1.165) is 35.5 Å². The predicted molar refractivity (Wildman–Crippen MR) is 145 cm³/mol. The van der Waals surface area contributed by atoms with Crippen LogP contribution in [0.15, 0.2) is 63.4 Å². The molecular formula is C31H33BrFNO2. The molecule has 1 aliphatic heterocycles. The minimum absolute atomic E-state index is 0.0738. The summed E-state index contributed by atoms with van der Waals surface area (Å²) in [5.74, 6) is -0.696. The number of anilines is 1. The van der Waals surface area contributed by atoms with E-state index in [2.05, 4.69) is 80.6 Å². The molecule has 36 heavy (non-hydrogen) atoms. The van der Waals surface area contributed by atoms with Crippen LogP contribution < -0.4 is 4.90 Å². The second-order valence-corrected chi connectivity index (χ2v) is 13.2. The Kier molecular flexibility index (Phi) is 5.94. The van der Waals surface area contributed by atoms with E-state index in [9.17, 15) is 14.0 Å². The van der Waals surface area contributed by atoms with E-state index in [-0.39, 0.29) is 28.2 Å². The van der Waals surface area contributed by atoms with Gasteiger partial charge in [-0.25, -0.2) is 4.39 Å². The summed E-state index contributed by atoms with van der Waals surface area (Å²) < 4.78 is 14.6. The Morgan fingerprint density at radius 1 is 0.806 bits per heavy atom. The number of hydrogen-bond donors (Lipinski definition) is 0. The van der Waals surface area contributed by atoms with Crippen LogP contribution in [0.2, 0.25) is 0 Å². The summed E-state index contributed by atoms with van der Waals surface area (Å²) >= 11 is 3.33. The molecule has 0 atom stereocenters. The Morgan fingerprint density at radius 3 is 1.86 bits per heavy atom. The van der Waals surface area contributed by atoms with Gasteiger partial charge in [-0.05, 0) is 94.4 Å². The van der Waals surface area contributed by atoms with E-state index >= 15 is 0 Å². The molecule has 3 nitrogen and oxygen atoms in total. The first-order valence-corrected chi connectivity index (χ1v) is 13.4. The summed E-state index contributed by atoms with van der Waals surface area (Å²) in [6.07, 6.45) is 2.30. The number of carbonyl (C=O) groups excluding carboxylic acids is 2. The van der Waals surface area contributed by atoms with Crippen molar-refractivity contribution in [2.75, 3.05) is 4.90 Å². The average Bonchev–Trinajstić information content (AvgIpc) is 2.75. The van der Waals surface area contributed by atoms with Crippen LogP contribution in [0, 0.1) is 30.5 Å². The first-order valence-electron chi connectivity index (χ1n) is 12.6. The quantitative estimate of drug-likeness (QED) is 0.379. The molecule has 3 aliphatic rings. The van der Waals surface area contributed by atoms with Crippen LogP contribution in [-0.4, -0.2) is 11.6 Å². The van der Waals surface area contributed by atoms with Gasteiger partial charge in [0, 0.05) is 47.0 Å². The van der Waals surface area contributed by atoms with Gasteiger partial charge in [-0.2, -0.15) is 0 Å². The number of hydrogen-bond acceptors (Lipinski definition) is 3. The van der Waals surface area contributed by atoms with E-state index < -0.39 is 5.92 Å². The van der Waals surface area contributed by atoms with E-state index in [4.69, 9.17) is 0 Å². The summed E-state index contributed by atoms with van der Waals surface area (Å²) in [7, 11) is 0. The van der Waals surface area contributed by atoms with E-state index in [1.165, 1.54) is 17.2 Å². The zero-order chi connectivity index (χ0) is 26.2. The Bertz CT molecular complexity index is 1330. The maximum absolute atomic E-state index is 14.2. The van der Waals surface area contributed by atoms with Crippen molar-refractivity contribution in [2.24, 2.45) is 10.8 Å². The fraction of sp³-hybridized carbons (Fsp3) is 0.419. The van der Waals surface area contributed by atoms with Gasteiger partial charge in [-0.15, -0.1) is 0 Å². The Hall–Kier alpha value is -2.53. The van der Waals surface area contributed by atoms with Gasteiger partial charge < -0.3 is 4.90 Å². The van der Waals surface area contributed by atoms with Gasteiger partial charge in [0.05, 0.1) is 4.47 Å². The highest BCUT2D eigenvalue weighted by atomic mass is 79.9. The van der Waals surface area contributed by atoms with Crippen LogP contribution in [0.1, 0.15) is 76.0 Å². The summed E-state index contributed by atoms with van der Waals surface area (Å²) in [5, 5.41) is 0. The second kappa shape index (κ2) is 8.51. The molecular weight excluding hydrogens is 517 g/mol. The molecule has 0 unspecified atom stereocenters. The van der Waals surface area contributed by atoms with Crippen LogP contribution in [0.25, 0.3) is 0 Å². The monoisotopic (exact) mass is 549 g/mol. The van der Waals surface area contributed by atoms with Crippen molar-refractivity contribution in [3.8, 4) is 0 Å². The van der Waals surface area contributed by atoms with Crippen LogP contribution in [0.5, 0.6) is 0 Å². The van der Waals surface area contributed by atoms with E-state index in [1.807, 2.05) is 0 Å². The normalized spacial score (nSPS) is 21.6. The van der Waals surface area contributed by atoms with Gasteiger partial charge in [-0.1, -0.05) is 39.8 Å². The minimum atomic E-state index is -0.484. The molecule has 188 valence electrons. The first-order chi connectivity index (χ1) is 16.8. The number of benzene rings is 2. The smallest absolute Gasteiger partial charge is 0.162 e. The zero-order valence-corrected chi connectivity index (χ0v) is 23.5. The third-order valence-electron chi connectivity index (χ3n) is 7.94. The molecule has 0 bridgehead atoms. The molecule has 2 aromatic carbocycles. The van der Waals surface area contributed by atoms with Crippen molar-refractivity contribution in [2.45, 2.75) is 73.1 Å². The lowest BCUT2D eigenvalue weighted by Crippen LogP contribution is -2.44. The lowest BCUT2D eigenvalue weighted by atomic mass is 9.63. The van der Waals surface area contributed by atoms with Gasteiger partial charge in [0.1, 0.15) is 5.82 Å². The van der Waals surface area contributed by atoms with Crippen LogP contribution in [-0.2, 0) is 9.59 Å². The summed E-state index contributed by atoms with van der Waals surface area (Å²) in [6.45, 7) is 12.7. The number of rotatable bonds is 2. The molecule has 0 fully saturated rings. The first kappa shape index (κ1) is 25.1. The molecule has 2 aromatic rings. The average molecular weight is 551 g/mol. The van der Waals surface area contributed by atoms with E-state index in [0.29, 0.717) is 28.5 Å². The van der Waals surface area contributed by atoms with Crippen molar-refractivity contribution < 1.29 is 14.0 Å². The lowest BCUT2D eigenvalue weighted by molar-refractivity contribution is -0.119. The number of ketones is 2. The zero-order valence-electron chi connectivity index (χ0n) is 21.9. The van der Waals surface area contributed by atoms with Crippen LogP contribution in [0.3, 0.4) is 0 Å². The number of carbonyl (C=O) groups is 2. The van der Waals surface area contributed by atoms with Crippen molar-refractivity contribution in [1.29, 1.82) is 0 Å². The topological polar surface area (TPSA) is 37.4 Å². The largest absolute Gasteiger partial charge is 0.317 e. The van der Waals surface area contributed by atoms with Crippen molar-refractivity contribution in [1.82, 2.24) is 0 Å². The van der Waals surface area contributed by atoms with Crippen LogP contribution in [0.4, 0.5) is 10.1 Å². The molecule has 0 spiro atoms. The van der Waals surface area contributed by atoms with Gasteiger partial charge >= 0.3 is 0 Å². The van der Waals surface area contributed by atoms with Crippen molar-refractivity contribution in [3.63, 3.8) is 0 Å². The standard InChI is InChI=1S/C31H33BrFNO2/c1-17-7-9-20(11-18(17)2)34-23-13-30(3,4)15-25(35)28(23)27(19-8-10-22(33)21(32)12-19)29-24(34)14-31(5,6)16-26(29)36/h7-12,27H,13-16H2,1-6H3. The molecule has 0 saturated carbocycles. The Labute approximate surface area is 221 Å². The highest BCUT2D eigenvalue weighted by Crippen LogP contribution is 2.55. The summed E-state index contributed by atoms with van der Waals surface area (Å²) in [4.78, 5) is 30.0. The highest BCUT2D eigenvalue weighted by Gasteiger charge is 2.49. The third-order valence-corrected chi connectivity index (χ3v) is 8.54. The molecule has 1 heterocycles. The number of allylic oxidation sites excluding steroid dienone is 4.